The molecule has 1 unspecified atom stereocenters. The van der Waals surface area contributed by atoms with Crippen LogP contribution in [0.4, 0.5) is 5.95 Å². The number of anilines is 1. The van der Waals surface area contributed by atoms with E-state index in [4.69, 9.17) is 9.47 Å². The van der Waals surface area contributed by atoms with Crippen LogP contribution >= 0.6 is 0 Å². The fraction of sp³-hybridized carbons (Fsp3) is 0.714. The first-order chi connectivity index (χ1) is 9.72. The van der Waals surface area contributed by atoms with E-state index in [1.165, 1.54) is 12.8 Å². The van der Waals surface area contributed by atoms with Gasteiger partial charge in [-0.15, -0.1) is 0 Å². The maximum Gasteiger partial charge on any atom is 0.229 e. The number of methoxy groups -OCH3 is 2. The number of aromatic nitrogens is 2. The van der Waals surface area contributed by atoms with E-state index in [1.807, 2.05) is 13.0 Å². The molecule has 1 fully saturated rings. The Morgan fingerprint density at radius 3 is 2.90 bits per heavy atom. The van der Waals surface area contributed by atoms with Gasteiger partial charge in [0.05, 0.1) is 13.7 Å². The molecule has 1 saturated heterocycles. The standard InChI is InChI=1S/C14H24N4O2/c1-11-9-13(20-3)17-14(16-11)18(7-8-19-2)10-12-5-4-6-15-12/h9,12,15H,4-8,10H2,1-3H3. The lowest BCUT2D eigenvalue weighted by atomic mass is 10.2. The van der Waals surface area contributed by atoms with Crippen LogP contribution in [-0.2, 0) is 4.74 Å². The second-order valence-electron chi connectivity index (χ2n) is 5.08. The van der Waals surface area contributed by atoms with Crippen LogP contribution in [0, 0.1) is 6.92 Å². The first kappa shape index (κ1) is 15.0. The highest BCUT2D eigenvalue weighted by atomic mass is 16.5. The van der Waals surface area contributed by atoms with E-state index >= 15 is 0 Å². The van der Waals surface area contributed by atoms with Crippen molar-refractivity contribution in [2.24, 2.45) is 0 Å². The van der Waals surface area contributed by atoms with Crippen LogP contribution in [0.25, 0.3) is 0 Å². The van der Waals surface area contributed by atoms with Gasteiger partial charge in [0.15, 0.2) is 0 Å². The molecule has 112 valence electrons. The molecule has 6 nitrogen and oxygen atoms in total. The third kappa shape index (κ3) is 4.05. The van der Waals surface area contributed by atoms with Crippen molar-refractivity contribution in [2.75, 3.05) is 45.4 Å². The molecule has 2 rings (SSSR count). The Bertz CT molecular complexity index is 422. The van der Waals surface area contributed by atoms with Crippen molar-refractivity contribution < 1.29 is 9.47 Å². The lowest BCUT2D eigenvalue weighted by Crippen LogP contribution is -2.40. The zero-order valence-electron chi connectivity index (χ0n) is 12.6. The third-order valence-corrected chi connectivity index (χ3v) is 3.48. The van der Waals surface area contributed by atoms with E-state index in [0.29, 0.717) is 24.5 Å². The minimum absolute atomic E-state index is 0.502. The van der Waals surface area contributed by atoms with Crippen LogP contribution in [0.5, 0.6) is 5.88 Å². The largest absolute Gasteiger partial charge is 0.481 e. The van der Waals surface area contributed by atoms with Crippen molar-refractivity contribution in [3.05, 3.63) is 11.8 Å². The monoisotopic (exact) mass is 280 g/mol. The van der Waals surface area contributed by atoms with Crippen LogP contribution in [-0.4, -0.2) is 56.5 Å². The Hall–Kier alpha value is -1.40. The van der Waals surface area contributed by atoms with E-state index in [-0.39, 0.29) is 0 Å². The SMILES string of the molecule is COCCN(CC1CCCN1)c1nc(C)cc(OC)n1. The number of nitrogens with zero attached hydrogens (tertiary/aromatic N) is 3. The lowest BCUT2D eigenvalue weighted by Gasteiger charge is -2.26. The molecule has 2 heterocycles. The second kappa shape index (κ2) is 7.40. The van der Waals surface area contributed by atoms with Crippen molar-refractivity contribution in [2.45, 2.75) is 25.8 Å². The number of ether oxygens (including phenoxy) is 2. The molecule has 1 N–H and O–H groups in total. The number of hydrogen-bond donors (Lipinski definition) is 1. The van der Waals surface area contributed by atoms with Crippen molar-refractivity contribution in [1.82, 2.24) is 15.3 Å². The Morgan fingerprint density at radius 2 is 2.25 bits per heavy atom. The molecule has 0 radical (unpaired) electrons. The summed E-state index contributed by atoms with van der Waals surface area (Å²) in [5.41, 5.74) is 0.911. The molecule has 0 spiro atoms. The minimum Gasteiger partial charge on any atom is -0.481 e. The zero-order chi connectivity index (χ0) is 14.4. The second-order valence-corrected chi connectivity index (χ2v) is 5.08. The Balaban J connectivity index is 2.13. The van der Waals surface area contributed by atoms with Crippen LogP contribution in [0.1, 0.15) is 18.5 Å². The van der Waals surface area contributed by atoms with E-state index in [2.05, 4.69) is 20.2 Å². The molecule has 1 aliphatic rings. The van der Waals surface area contributed by atoms with Crippen LogP contribution in [0.2, 0.25) is 0 Å². The number of hydrogen-bond acceptors (Lipinski definition) is 6. The van der Waals surface area contributed by atoms with Crippen molar-refractivity contribution >= 4 is 5.95 Å². The molecule has 0 aliphatic carbocycles. The van der Waals surface area contributed by atoms with Crippen molar-refractivity contribution in [3.63, 3.8) is 0 Å². The summed E-state index contributed by atoms with van der Waals surface area (Å²) in [6, 6.07) is 2.34. The fourth-order valence-electron chi connectivity index (χ4n) is 2.42. The predicted molar refractivity (Wildman–Crippen MR) is 78.4 cm³/mol. The molecule has 1 aromatic rings. The van der Waals surface area contributed by atoms with Crippen LogP contribution in [0.15, 0.2) is 6.07 Å². The summed E-state index contributed by atoms with van der Waals surface area (Å²) in [6.07, 6.45) is 2.44. The Labute approximate surface area is 120 Å². The fourth-order valence-corrected chi connectivity index (χ4v) is 2.42. The molecule has 0 bridgehead atoms. The zero-order valence-corrected chi connectivity index (χ0v) is 12.6. The number of rotatable bonds is 7. The topological polar surface area (TPSA) is 59.5 Å². The van der Waals surface area contributed by atoms with Gasteiger partial charge >= 0.3 is 0 Å². The van der Waals surface area contributed by atoms with Gasteiger partial charge in [-0.3, -0.25) is 0 Å². The van der Waals surface area contributed by atoms with E-state index in [0.717, 1.165) is 25.3 Å². The van der Waals surface area contributed by atoms with Gasteiger partial charge in [0, 0.05) is 38.0 Å². The van der Waals surface area contributed by atoms with Crippen LogP contribution in [0.3, 0.4) is 0 Å². The number of aryl methyl sites for hydroxylation is 1. The molecule has 1 aliphatic heterocycles. The third-order valence-electron chi connectivity index (χ3n) is 3.48. The predicted octanol–water partition coefficient (Wildman–Crippen LogP) is 0.998. The summed E-state index contributed by atoms with van der Waals surface area (Å²) >= 11 is 0. The highest BCUT2D eigenvalue weighted by Gasteiger charge is 2.20. The first-order valence-electron chi connectivity index (χ1n) is 7.10. The van der Waals surface area contributed by atoms with Crippen molar-refractivity contribution in [3.8, 4) is 5.88 Å². The molecule has 0 aromatic carbocycles. The lowest BCUT2D eigenvalue weighted by molar-refractivity contribution is 0.204. The molecule has 0 saturated carbocycles. The molecular formula is C14H24N4O2. The van der Waals surface area contributed by atoms with Gasteiger partial charge in [-0.25, -0.2) is 4.98 Å². The Kier molecular flexibility index (Phi) is 5.55. The number of nitrogens with one attached hydrogen (secondary N) is 1. The van der Waals surface area contributed by atoms with Crippen LogP contribution < -0.4 is 15.0 Å². The Morgan fingerprint density at radius 1 is 1.40 bits per heavy atom. The highest BCUT2D eigenvalue weighted by Crippen LogP contribution is 2.17. The average Bonchev–Trinajstić information content (AvgIpc) is 2.95. The molecule has 6 heteroatoms. The highest BCUT2D eigenvalue weighted by molar-refractivity contribution is 5.34. The van der Waals surface area contributed by atoms with Gasteiger partial charge in [-0.2, -0.15) is 4.98 Å². The van der Waals surface area contributed by atoms with Gasteiger partial charge in [-0.1, -0.05) is 0 Å². The van der Waals surface area contributed by atoms with E-state index < -0.39 is 0 Å². The maximum absolute atomic E-state index is 5.24. The van der Waals surface area contributed by atoms with E-state index in [1.54, 1.807) is 14.2 Å². The van der Waals surface area contributed by atoms with Gasteiger partial charge in [0.25, 0.3) is 0 Å². The summed E-state index contributed by atoms with van der Waals surface area (Å²) in [6.45, 7) is 5.39. The molecular weight excluding hydrogens is 256 g/mol. The summed E-state index contributed by atoms with van der Waals surface area (Å²) in [7, 11) is 3.34. The molecule has 1 aromatic heterocycles. The van der Waals surface area contributed by atoms with E-state index in [9.17, 15) is 0 Å². The maximum atomic E-state index is 5.24. The minimum atomic E-state index is 0.502. The van der Waals surface area contributed by atoms with Gasteiger partial charge in [0.2, 0.25) is 11.8 Å². The smallest absolute Gasteiger partial charge is 0.229 e. The normalized spacial score (nSPS) is 18.2. The molecule has 1 atom stereocenters. The molecule has 20 heavy (non-hydrogen) atoms. The van der Waals surface area contributed by atoms with Crippen molar-refractivity contribution in [1.29, 1.82) is 0 Å². The quantitative estimate of drug-likeness (QED) is 0.804. The molecule has 0 amide bonds. The van der Waals surface area contributed by atoms with Gasteiger partial charge < -0.3 is 19.7 Å². The summed E-state index contributed by atoms with van der Waals surface area (Å²) in [5, 5.41) is 3.51. The summed E-state index contributed by atoms with van der Waals surface area (Å²) < 4.78 is 10.4. The first-order valence-corrected chi connectivity index (χ1v) is 7.10. The average molecular weight is 280 g/mol. The summed E-state index contributed by atoms with van der Waals surface area (Å²) in [5.74, 6) is 1.32. The van der Waals surface area contributed by atoms with Gasteiger partial charge in [0.1, 0.15) is 0 Å². The summed E-state index contributed by atoms with van der Waals surface area (Å²) in [4.78, 5) is 11.2. The van der Waals surface area contributed by atoms with Gasteiger partial charge in [-0.05, 0) is 26.3 Å².